The smallest absolute Gasteiger partial charge is 0.0124 e. The van der Waals surface area contributed by atoms with Crippen LogP contribution in [-0.2, 0) is 0 Å². The van der Waals surface area contributed by atoms with Gasteiger partial charge in [0.1, 0.15) is 0 Å². The normalized spacial score (nSPS) is 22.9. The third kappa shape index (κ3) is 5.04. The first-order valence-electron chi connectivity index (χ1n) is 11.5. The summed E-state index contributed by atoms with van der Waals surface area (Å²) < 4.78 is 0. The van der Waals surface area contributed by atoms with Crippen molar-refractivity contribution in [2.45, 2.75) is 56.9 Å². The summed E-state index contributed by atoms with van der Waals surface area (Å²) in [6, 6.07) is 22.8. The molecule has 0 spiro atoms. The summed E-state index contributed by atoms with van der Waals surface area (Å²) in [5.41, 5.74) is 2.85. The van der Waals surface area contributed by atoms with Crippen molar-refractivity contribution in [3.05, 3.63) is 71.8 Å². The van der Waals surface area contributed by atoms with E-state index in [1.807, 2.05) is 0 Å². The highest BCUT2D eigenvalue weighted by Gasteiger charge is 2.32. The Morgan fingerprint density at radius 3 is 2.14 bits per heavy atom. The minimum atomic E-state index is 0.479. The van der Waals surface area contributed by atoms with Crippen molar-refractivity contribution in [1.29, 1.82) is 0 Å². The third-order valence-corrected chi connectivity index (χ3v) is 6.95. The molecule has 0 radical (unpaired) electrons. The minimum Gasteiger partial charge on any atom is -0.315 e. The Kier molecular flexibility index (Phi) is 7.18. The van der Waals surface area contributed by atoms with E-state index in [2.05, 4.69) is 70.9 Å². The Balaban J connectivity index is 1.27. The molecule has 0 amide bonds. The van der Waals surface area contributed by atoms with Gasteiger partial charge in [-0.25, -0.2) is 0 Å². The lowest BCUT2D eigenvalue weighted by Gasteiger charge is -2.44. The summed E-state index contributed by atoms with van der Waals surface area (Å²) in [7, 11) is 0. The van der Waals surface area contributed by atoms with E-state index < -0.39 is 0 Å². The van der Waals surface area contributed by atoms with E-state index in [1.165, 1.54) is 62.7 Å². The van der Waals surface area contributed by atoms with Gasteiger partial charge in [-0.15, -0.1) is 0 Å². The molecule has 1 saturated heterocycles. The van der Waals surface area contributed by atoms with Crippen LogP contribution in [0.4, 0.5) is 0 Å². The van der Waals surface area contributed by atoms with E-state index in [1.54, 1.807) is 0 Å². The lowest BCUT2D eigenvalue weighted by molar-refractivity contribution is 0.0619. The predicted octanol–water partition coefficient (Wildman–Crippen LogP) is 5.45. The molecule has 1 N–H and O–H groups in total. The van der Waals surface area contributed by atoms with Crippen LogP contribution in [0.1, 0.15) is 62.0 Å². The van der Waals surface area contributed by atoms with Crippen molar-refractivity contribution < 1.29 is 0 Å². The molecular weight excluding hydrogens is 340 g/mol. The highest BCUT2D eigenvalue weighted by atomic mass is 15.2. The average Bonchev–Trinajstić information content (AvgIpc) is 2.77. The van der Waals surface area contributed by atoms with Gasteiger partial charge in [-0.05, 0) is 62.2 Å². The van der Waals surface area contributed by atoms with Gasteiger partial charge >= 0.3 is 0 Å². The van der Waals surface area contributed by atoms with Crippen LogP contribution in [0.2, 0.25) is 0 Å². The van der Waals surface area contributed by atoms with Crippen LogP contribution >= 0.6 is 0 Å². The van der Waals surface area contributed by atoms with Crippen molar-refractivity contribution in [1.82, 2.24) is 10.2 Å². The number of likely N-dealkylation sites (tertiary alicyclic amines) is 1. The lowest BCUT2D eigenvalue weighted by atomic mass is 9.78. The number of hydrogen-bond acceptors (Lipinski definition) is 2. The zero-order valence-corrected chi connectivity index (χ0v) is 17.2. The molecule has 1 aliphatic carbocycles. The minimum absolute atomic E-state index is 0.479. The Hall–Kier alpha value is -1.64. The average molecular weight is 377 g/mol. The van der Waals surface area contributed by atoms with Gasteiger partial charge in [-0.3, -0.25) is 4.90 Å². The van der Waals surface area contributed by atoms with E-state index in [0.717, 1.165) is 31.5 Å². The fourth-order valence-electron chi connectivity index (χ4n) is 5.50. The van der Waals surface area contributed by atoms with Crippen molar-refractivity contribution in [2.75, 3.05) is 26.2 Å². The number of nitrogens with one attached hydrogen (secondary N) is 1. The second kappa shape index (κ2) is 10.2. The van der Waals surface area contributed by atoms with Crippen LogP contribution in [0.3, 0.4) is 0 Å². The summed E-state index contributed by atoms with van der Waals surface area (Å²) in [5.74, 6) is 1.47. The molecule has 2 nitrogen and oxygen atoms in total. The Morgan fingerprint density at radius 2 is 1.43 bits per heavy atom. The first-order valence-corrected chi connectivity index (χ1v) is 11.5. The fraction of sp³-hybridized carbons (Fsp3) is 0.538. The largest absolute Gasteiger partial charge is 0.315 e. The molecule has 0 bridgehead atoms. The summed E-state index contributed by atoms with van der Waals surface area (Å²) in [6.07, 6.45) is 9.86. The van der Waals surface area contributed by atoms with Gasteiger partial charge in [-0.1, -0.05) is 73.5 Å². The van der Waals surface area contributed by atoms with Crippen LogP contribution in [0.25, 0.3) is 0 Å². The number of fused-ring (bicyclic) bond motifs is 1. The lowest BCUT2D eigenvalue weighted by Crippen LogP contribution is -2.48. The molecule has 2 aromatic rings. The Morgan fingerprint density at radius 1 is 0.786 bits per heavy atom. The molecule has 2 fully saturated rings. The topological polar surface area (TPSA) is 15.3 Å². The number of nitrogens with zero attached hydrogens (tertiary/aromatic N) is 1. The third-order valence-electron chi connectivity index (χ3n) is 6.95. The highest BCUT2D eigenvalue weighted by Crippen LogP contribution is 2.35. The molecule has 4 rings (SSSR count). The van der Waals surface area contributed by atoms with E-state index in [0.29, 0.717) is 5.92 Å². The summed E-state index contributed by atoms with van der Waals surface area (Å²) in [5, 5.41) is 3.76. The van der Waals surface area contributed by atoms with Crippen LogP contribution in [0, 0.1) is 5.92 Å². The van der Waals surface area contributed by atoms with Crippen LogP contribution in [-0.4, -0.2) is 37.1 Å². The maximum absolute atomic E-state index is 3.76. The van der Waals surface area contributed by atoms with Gasteiger partial charge in [0.25, 0.3) is 0 Å². The van der Waals surface area contributed by atoms with E-state index in [4.69, 9.17) is 0 Å². The maximum Gasteiger partial charge on any atom is 0.0124 e. The molecule has 28 heavy (non-hydrogen) atoms. The standard InChI is InChI=1S/C26H36N2/c1-3-10-22(11-4-1)25(23-12-5-2-6-13-23)17-18-27-19-21-28-20-9-15-24-14-7-8-16-26(24)28/h1-6,10-13,24-27H,7-9,14-21H2. The molecule has 0 aromatic heterocycles. The second-order valence-electron chi connectivity index (χ2n) is 8.70. The number of piperidine rings is 1. The van der Waals surface area contributed by atoms with Gasteiger partial charge in [0.2, 0.25) is 0 Å². The molecule has 2 unspecified atom stereocenters. The first-order chi connectivity index (χ1) is 13.9. The van der Waals surface area contributed by atoms with Crippen molar-refractivity contribution in [3.8, 4) is 0 Å². The van der Waals surface area contributed by atoms with Gasteiger partial charge < -0.3 is 5.32 Å². The predicted molar refractivity (Wildman–Crippen MR) is 119 cm³/mol. The van der Waals surface area contributed by atoms with Crippen molar-refractivity contribution in [3.63, 3.8) is 0 Å². The molecule has 1 heterocycles. The van der Waals surface area contributed by atoms with Crippen LogP contribution in [0.5, 0.6) is 0 Å². The zero-order chi connectivity index (χ0) is 19.0. The quantitative estimate of drug-likeness (QED) is 0.616. The summed E-state index contributed by atoms with van der Waals surface area (Å²) in [4.78, 5) is 2.80. The molecule has 1 saturated carbocycles. The van der Waals surface area contributed by atoms with E-state index in [9.17, 15) is 0 Å². The molecule has 2 heteroatoms. The molecule has 2 aliphatic rings. The molecular formula is C26H36N2. The van der Waals surface area contributed by atoms with Crippen LogP contribution in [0.15, 0.2) is 60.7 Å². The Labute approximate surface area is 171 Å². The number of rotatable bonds is 8. The van der Waals surface area contributed by atoms with Crippen molar-refractivity contribution >= 4 is 0 Å². The summed E-state index contributed by atoms with van der Waals surface area (Å²) in [6.45, 7) is 4.75. The Bertz CT molecular complexity index is 643. The van der Waals surface area contributed by atoms with Crippen molar-refractivity contribution in [2.24, 2.45) is 5.92 Å². The van der Waals surface area contributed by atoms with Gasteiger partial charge in [0.05, 0.1) is 0 Å². The molecule has 2 aromatic carbocycles. The fourth-order valence-corrected chi connectivity index (χ4v) is 5.50. The van der Waals surface area contributed by atoms with E-state index >= 15 is 0 Å². The van der Waals surface area contributed by atoms with Gasteiger partial charge in [0.15, 0.2) is 0 Å². The van der Waals surface area contributed by atoms with E-state index in [-0.39, 0.29) is 0 Å². The molecule has 1 aliphatic heterocycles. The molecule has 2 atom stereocenters. The summed E-state index contributed by atoms with van der Waals surface area (Å²) >= 11 is 0. The molecule has 150 valence electrons. The monoisotopic (exact) mass is 376 g/mol. The zero-order valence-electron chi connectivity index (χ0n) is 17.2. The van der Waals surface area contributed by atoms with Crippen LogP contribution < -0.4 is 5.32 Å². The van der Waals surface area contributed by atoms with Gasteiger partial charge in [-0.2, -0.15) is 0 Å². The first kappa shape index (κ1) is 19.7. The van der Waals surface area contributed by atoms with Gasteiger partial charge in [0, 0.05) is 25.0 Å². The number of hydrogen-bond donors (Lipinski definition) is 1. The maximum atomic E-state index is 3.76. The second-order valence-corrected chi connectivity index (χ2v) is 8.70. The number of benzene rings is 2. The highest BCUT2D eigenvalue weighted by molar-refractivity contribution is 5.32. The SMILES string of the molecule is c1ccc(C(CCNCCN2CCCC3CCCCC32)c2ccccc2)cc1.